The van der Waals surface area contributed by atoms with Gasteiger partial charge in [-0.25, -0.2) is 0 Å². The van der Waals surface area contributed by atoms with Crippen LogP contribution < -0.4 is 5.32 Å². The average Bonchev–Trinajstić information content (AvgIpc) is 2.42. The van der Waals surface area contributed by atoms with Crippen LogP contribution in [0.25, 0.3) is 0 Å². The molecule has 0 spiro atoms. The first-order chi connectivity index (χ1) is 9.28. The fourth-order valence-electron chi connectivity index (χ4n) is 2.13. The number of benzene rings is 1. The van der Waals surface area contributed by atoms with Crippen LogP contribution in [0.3, 0.4) is 0 Å². The number of aromatic nitrogens is 1. The number of hydrogen-bond donors (Lipinski definition) is 1. The van der Waals surface area contributed by atoms with Crippen LogP contribution in [0.2, 0.25) is 0 Å². The van der Waals surface area contributed by atoms with Gasteiger partial charge in [-0.1, -0.05) is 24.3 Å². The predicted molar refractivity (Wildman–Crippen MR) is 78.6 cm³/mol. The first-order valence-corrected chi connectivity index (χ1v) is 6.58. The highest BCUT2D eigenvalue weighted by Crippen LogP contribution is 2.09. The van der Waals surface area contributed by atoms with Crippen molar-refractivity contribution in [2.75, 3.05) is 14.1 Å². The Morgan fingerprint density at radius 2 is 1.42 bits per heavy atom. The molecule has 3 nitrogen and oxygen atoms in total. The third kappa shape index (κ3) is 4.47. The molecule has 0 aliphatic carbocycles. The molecular weight excluding hydrogens is 234 g/mol. The van der Waals surface area contributed by atoms with Gasteiger partial charge in [-0.3, -0.25) is 9.88 Å². The van der Waals surface area contributed by atoms with E-state index in [9.17, 15) is 0 Å². The molecule has 0 fully saturated rings. The molecule has 0 saturated heterocycles. The average molecular weight is 255 g/mol. The summed E-state index contributed by atoms with van der Waals surface area (Å²) in [6.07, 6.45) is 3.69. The number of nitrogens with one attached hydrogen (secondary N) is 1. The van der Waals surface area contributed by atoms with Gasteiger partial charge in [0.05, 0.1) is 0 Å². The lowest BCUT2D eigenvalue weighted by atomic mass is 10.1. The van der Waals surface area contributed by atoms with Crippen molar-refractivity contribution in [3.8, 4) is 0 Å². The summed E-state index contributed by atoms with van der Waals surface area (Å²) in [5.41, 5.74) is 3.96. The molecule has 3 heteroatoms. The van der Waals surface area contributed by atoms with Gasteiger partial charge in [-0.15, -0.1) is 0 Å². The summed E-state index contributed by atoms with van der Waals surface area (Å²) in [5.74, 6) is 0. The van der Waals surface area contributed by atoms with Crippen molar-refractivity contribution in [2.24, 2.45) is 0 Å². The Kier molecular flexibility index (Phi) is 5.07. The molecule has 0 radical (unpaired) electrons. The minimum atomic E-state index is 0.924. The highest BCUT2D eigenvalue weighted by Gasteiger charge is 2.02. The lowest BCUT2D eigenvalue weighted by Gasteiger charge is -2.17. The van der Waals surface area contributed by atoms with Crippen LogP contribution in [0.5, 0.6) is 0 Å². The zero-order chi connectivity index (χ0) is 13.5. The molecular formula is C16H21N3. The van der Waals surface area contributed by atoms with Crippen molar-refractivity contribution in [3.05, 3.63) is 65.5 Å². The smallest absolute Gasteiger partial charge is 0.0271 e. The first kappa shape index (κ1) is 13.7. The normalized spacial score (nSPS) is 10.9. The maximum absolute atomic E-state index is 4.04. The quantitative estimate of drug-likeness (QED) is 0.859. The molecule has 0 aliphatic heterocycles. The third-order valence-corrected chi connectivity index (χ3v) is 3.06. The van der Waals surface area contributed by atoms with Crippen LogP contribution in [-0.4, -0.2) is 24.0 Å². The Bertz CT molecular complexity index is 479. The molecule has 19 heavy (non-hydrogen) atoms. The molecule has 0 aliphatic rings. The summed E-state index contributed by atoms with van der Waals surface area (Å²) in [7, 11) is 4.11. The second kappa shape index (κ2) is 7.02. The molecule has 100 valence electrons. The van der Waals surface area contributed by atoms with Gasteiger partial charge in [0, 0.05) is 32.0 Å². The van der Waals surface area contributed by atoms with E-state index in [2.05, 4.69) is 58.6 Å². The SMILES string of the molecule is CNCc1ccc(CN(C)Cc2ccncc2)cc1. The zero-order valence-electron chi connectivity index (χ0n) is 11.6. The number of hydrogen-bond acceptors (Lipinski definition) is 3. The summed E-state index contributed by atoms with van der Waals surface area (Å²) in [5, 5.41) is 3.16. The molecule has 1 N–H and O–H groups in total. The van der Waals surface area contributed by atoms with Crippen LogP contribution in [-0.2, 0) is 19.6 Å². The van der Waals surface area contributed by atoms with E-state index < -0.39 is 0 Å². The topological polar surface area (TPSA) is 28.2 Å². The van der Waals surface area contributed by atoms with Crippen molar-refractivity contribution in [1.29, 1.82) is 0 Å². The van der Waals surface area contributed by atoms with E-state index in [1.54, 1.807) is 0 Å². The molecule has 1 heterocycles. The standard InChI is InChI=1S/C16H21N3/c1-17-11-14-3-5-15(6-4-14)12-19(2)13-16-7-9-18-10-8-16/h3-10,17H,11-13H2,1-2H3. The van der Waals surface area contributed by atoms with Crippen molar-refractivity contribution in [2.45, 2.75) is 19.6 Å². The zero-order valence-corrected chi connectivity index (χ0v) is 11.6. The minimum absolute atomic E-state index is 0.924. The van der Waals surface area contributed by atoms with E-state index in [1.165, 1.54) is 16.7 Å². The Morgan fingerprint density at radius 1 is 0.895 bits per heavy atom. The summed E-state index contributed by atoms with van der Waals surface area (Å²) in [6, 6.07) is 12.9. The van der Waals surface area contributed by atoms with Gasteiger partial charge in [0.15, 0.2) is 0 Å². The Balaban J connectivity index is 1.89. The van der Waals surface area contributed by atoms with Gasteiger partial charge in [0.2, 0.25) is 0 Å². The van der Waals surface area contributed by atoms with E-state index in [0.717, 1.165) is 19.6 Å². The van der Waals surface area contributed by atoms with E-state index in [4.69, 9.17) is 0 Å². The predicted octanol–water partition coefficient (Wildman–Crippen LogP) is 2.43. The van der Waals surface area contributed by atoms with E-state index in [1.807, 2.05) is 19.4 Å². The Hall–Kier alpha value is -1.71. The van der Waals surface area contributed by atoms with Crippen LogP contribution in [0.1, 0.15) is 16.7 Å². The van der Waals surface area contributed by atoms with Crippen molar-refractivity contribution in [3.63, 3.8) is 0 Å². The molecule has 0 unspecified atom stereocenters. The summed E-state index contributed by atoms with van der Waals surface area (Å²) in [6.45, 7) is 2.83. The third-order valence-electron chi connectivity index (χ3n) is 3.06. The van der Waals surface area contributed by atoms with Crippen molar-refractivity contribution < 1.29 is 0 Å². The van der Waals surface area contributed by atoms with Crippen LogP contribution in [0, 0.1) is 0 Å². The summed E-state index contributed by atoms with van der Waals surface area (Å²) < 4.78 is 0. The Labute approximate surface area is 115 Å². The molecule has 0 amide bonds. The lowest BCUT2D eigenvalue weighted by molar-refractivity contribution is 0.319. The van der Waals surface area contributed by atoms with Gasteiger partial charge in [-0.2, -0.15) is 0 Å². The molecule has 2 aromatic rings. The van der Waals surface area contributed by atoms with Crippen LogP contribution >= 0.6 is 0 Å². The molecule has 0 atom stereocenters. The highest BCUT2D eigenvalue weighted by atomic mass is 15.1. The summed E-state index contributed by atoms with van der Waals surface area (Å²) in [4.78, 5) is 6.35. The number of nitrogens with zero attached hydrogens (tertiary/aromatic N) is 2. The van der Waals surface area contributed by atoms with Crippen molar-refractivity contribution >= 4 is 0 Å². The summed E-state index contributed by atoms with van der Waals surface area (Å²) >= 11 is 0. The van der Waals surface area contributed by atoms with Crippen LogP contribution in [0.4, 0.5) is 0 Å². The van der Waals surface area contributed by atoms with Gasteiger partial charge < -0.3 is 5.32 Å². The largest absolute Gasteiger partial charge is 0.316 e. The number of rotatable bonds is 6. The monoisotopic (exact) mass is 255 g/mol. The lowest BCUT2D eigenvalue weighted by Crippen LogP contribution is -2.17. The molecule has 0 bridgehead atoms. The van der Waals surface area contributed by atoms with E-state index in [0.29, 0.717) is 0 Å². The van der Waals surface area contributed by atoms with Gasteiger partial charge in [0.1, 0.15) is 0 Å². The van der Waals surface area contributed by atoms with E-state index >= 15 is 0 Å². The minimum Gasteiger partial charge on any atom is -0.316 e. The second-order valence-corrected chi connectivity index (χ2v) is 4.87. The van der Waals surface area contributed by atoms with Gasteiger partial charge >= 0.3 is 0 Å². The fraction of sp³-hybridized carbons (Fsp3) is 0.312. The second-order valence-electron chi connectivity index (χ2n) is 4.87. The van der Waals surface area contributed by atoms with Gasteiger partial charge in [0.25, 0.3) is 0 Å². The fourth-order valence-corrected chi connectivity index (χ4v) is 2.13. The highest BCUT2D eigenvalue weighted by molar-refractivity contribution is 5.22. The molecule has 1 aromatic heterocycles. The number of pyridine rings is 1. The van der Waals surface area contributed by atoms with Crippen LogP contribution in [0.15, 0.2) is 48.8 Å². The molecule has 1 aromatic carbocycles. The van der Waals surface area contributed by atoms with E-state index in [-0.39, 0.29) is 0 Å². The Morgan fingerprint density at radius 3 is 2.00 bits per heavy atom. The first-order valence-electron chi connectivity index (χ1n) is 6.58. The van der Waals surface area contributed by atoms with Gasteiger partial charge in [-0.05, 0) is 42.9 Å². The van der Waals surface area contributed by atoms with Crippen molar-refractivity contribution in [1.82, 2.24) is 15.2 Å². The maximum atomic E-state index is 4.04. The maximum Gasteiger partial charge on any atom is 0.0271 e. The molecule has 0 saturated carbocycles. The molecule has 2 rings (SSSR count).